The van der Waals surface area contributed by atoms with Crippen molar-refractivity contribution in [2.75, 3.05) is 0 Å². The van der Waals surface area contributed by atoms with Crippen LogP contribution >= 0.6 is 23.9 Å². The first-order valence-electron chi connectivity index (χ1n) is 7.81. The summed E-state index contributed by atoms with van der Waals surface area (Å²) in [6.45, 7) is 0. The van der Waals surface area contributed by atoms with Crippen LogP contribution in [0, 0.1) is 5.82 Å². The Hall–Kier alpha value is -2.58. The Labute approximate surface area is 155 Å². The third-order valence-corrected chi connectivity index (χ3v) is 5.30. The topological polar surface area (TPSA) is 80.6 Å². The molecule has 1 aliphatic carbocycles. The molecule has 0 unspecified atom stereocenters. The average Bonchev–Trinajstić information content (AvgIpc) is 3.38. The van der Waals surface area contributed by atoms with Gasteiger partial charge in [0, 0.05) is 24.0 Å². The van der Waals surface area contributed by atoms with Crippen LogP contribution in [0.15, 0.2) is 40.2 Å². The van der Waals surface area contributed by atoms with Gasteiger partial charge < -0.3 is 4.57 Å². The predicted octanol–water partition coefficient (Wildman–Crippen LogP) is 3.26. The van der Waals surface area contributed by atoms with Crippen molar-refractivity contribution >= 4 is 45.2 Å². The summed E-state index contributed by atoms with van der Waals surface area (Å²) in [5.41, 5.74) is 0.276. The molecule has 0 saturated heterocycles. The molecule has 1 saturated carbocycles. The van der Waals surface area contributed by atoms with Crippen LogP contribution in [-0.4, -0.2) is 18.9 Å². The molecule has 4 aromatic rings. The number of halogens is 2. The lowest BCUT2D eigenvalue weighted by Gasteiger charge is -2.12. The Kier molecular flexibility index (Phi) is 3.89. The molecule has 9 heteroatoms. The Balaban J connectivity index is 0.00000168. The quantitative estimate of drug-likeness (QED) is 0.569. The molecule has 5 rings (SSSR count). The molecule has 0 atom stereocenters. The summed E-state index contributed by atoms with van der Waals surface area (Å²) in [7, 11) is 0. The molecule has 0 bridgehead atoms. The van der Waals surface area contributed by atoms with Crippen molar-refractivity contribution in [3.05, 3.63) is 57.0 Å². The van der Waals surface area contributed by atoms with Crippen molar-refractivity contribution in [3.8, 4) is 11.3 Å². The van der Waals surface area contributed by atoms with Gasteiger partial charge in [-0.15, -0.1) is 12.4 Å². The smallest absolute Gasteiger partial charge is 0.271 e. The number of rotatable bonds is 2. The lowest BCUT2D eigenvalue weighted by atomic mass is 10.1. The largest absolute Gasteiger partial charge is 0.312 e. The first kappa shape index (κ1) is 16.9. The van der Waals surface area contributed by atoms with Gasteiger partial charge in [0.25, 0.3) is 5.56 Å². The molecule has 0 aliphatic heterocycles. The van der Waals surface area contributed by atoms with Crippen molar-refractivity contribution in [1.29, 1.82) is 0 Å². The van der Waals surface area contributed by atoms with Gasteiger partial charge in [0.1, 0.15) is 27.4 Å². The van der Waals surface area contributed by atoms with Gasteiger partial charge in [0.15, 0.2) is 0 Å². The number of hydrogen-bond acceptors (Lipinski definition) is 5. The molecule has 4 aromatic heterocycles. The second-order valence-corrected chi connectivity index (χ2v) is 6.86. The van der Waals surface area contributed by atoms with E-state index in [1.165, 1.54) is 6.07 Å². The minimum atomic E-state index is -0.593. The van der Waals surface area contributed by atoms with Crippen LogP contribution in [0.25, 0.3) is 32.5 Å². The first-order valence-corrected chi connectivity index (χ1v) is 8.63. The Morgan fingerprint density at radius 2 is 1.96 bits per heavy atom. The monoisotopic (exact) mass is 390 g/mol. The number of fused-ring (bicyclic) bond motifs is 2. The fourth-order valence-corrected chi connectivity index (χ4v) is 4.02. The van der Waals surface area contributed by atoms with E-state index in [1.54, 1.807) is 24.5 Å². The molecule has 1 aliphatic rings. The van der Waals surface area contributed by atoms with Gasteiger partial charge in [0.05, 0.1) is 5.39 Å². The van der Waals surface area contributed by atoms with Gasteiger partial charge >= 0.3 is 0 Å². The zero-order chi connectivity index (χ0) is 17.1. The summed E-state index contributed by atoms with van der Waals surface area (Å²) in [6.07, 6.45) is 5.02. The molecule has 26 heavy (non-hydrogen) atoms. The van der Waals surface area contributed by atoms with Gasteiger partial charge in [-0.05, 0) is 42.6 Å². The van der Waals surface area contributed by atoms with Crippen LogP contribution in [-0.2, 0) is 0 Å². The second-order valence-electron chi connectivity index (χ2n) is 6.07. The van der Waals surface area contributed by atoms with E-state index in [1.807, 2.05) is 4.57 Å². The van der Waals surface area contributed by atoms with Crippen molar-refractivity contribution in [2.24, 2.45) is 0 Å². The average molecular weight is 391 g/mol. The van der Waals surface area contributed by atoms with E-state index in [2.05, 4.69) is 14.3 Å². The van der Waals surface area contributed by atoms with Gasteiger partial charge in [-0.25, -0.2) is 9.37 Å². The summed E-state index contributed by atoms with van der Waals surface area (Å²) >= 11 is 1.13. The number of H-pyrrole nitrogens is 1. The fraction of sp³-hybridized carbons (Fsp3) is 0.176. The highest BCUT2D eigenvalue weighted by molar-refractivity contribution is 7.12. The fourth-order valence-electron chi connectivity index (χ4n) is 3.11. The number of hydrogen-bond donors (Lipinski definition) is 1. The number of nitrogens with zero attached hydrogens (tertiary/aromatic N) is 3. The molecule has 1 fully saturated rings. The normalized spacial score (nSPS) is 13.9. The van der Waals surface area contributed by atoms with E-state index < -0.39 is 16.8 Å². The minimum Gasteiger partial charge on any atom is -0.312 e. The van der Waals surface area contributed by atoms with E-state index in [-0.39, 0.29) is 34.9 Å². The molecule has 6 nitrogen and oxygen atoms in total. The van der Waals surface area contributed by atoms with Gasteiger partial charge in [-0.2, -0.15) is 0 Å². The zero-order valence-corrected chi connectivity index (χ0v) is 14.9. The summed E-state index contributed by atoms with van der Waals surface area (Å²) in [5.74, 6) is -0.593. The van der Waals surface area contributed by atoms with E-state index in [0.717, 1.165) is 24.4 Å². The van der Waals surface area contributed by atoms with E-state index in [0.29, 0.717) is 16.0 Å². The molecular weight excluding hydrogens is 379 g/mol. The summed E-state index contributed by atoms with van der Waals surface area (Å²) in [4.78, 5) is 33.7. The molecule has 132 valence electrons. The SMILES string of the molecule is Cl.O=c1[nH]sc2c1c(=O)c1cc(F)c(-c3ccncc3)nc1n2C1CC1. The van der Waals surface area contributed by atoms with Crippen molar-refractivity contribution < 1.29 is 4.39 Å². The highest BCUT2D eigenvalue weighted by Gasteiger charge is 2.30. The van der Waals surface area contributed by atoms with Crippen LogP contribution in [0.3, 0.4) is 0 Å². The van der Waals surface area contributed by atoms with E-state index in [4.69, 9.17) is 0 Å². The summed E-state index contributed by atoms with van der Waals surface area (Å²) < 4.78 is 19.2. The lowest BCUT2D eigenvalue weighted by molar-refractivity contribution is 0.627. The van der Waals surface area contributed by atoms with Crippen molar-refractivity contribution in [3.63, 3.8) is 0 Å². The van der Waals surface area contributed by atoms with Crippen LogP contribution in [0.1, 0.15) is 18.9 Å². The van der Waals surface area contributed by atoms with E-state index >= 15 is 0 Å². The highest BCUT2D eigenvalue weighted by Crippen LogP contribution is 2.39. The van der Waals surface area contributed by atoms with Crippen molar-refractivity contribution in [1.82, 2.24) is 18.9 Å². The molecule has 0 aromatic carbocycles. The minimum absolute atomic E-state index is 0. The van der Waals surface area contributed by atoms with Gasteiger partial charge in [-0.3, -0.25) is 18.9 Å². The van der Waals surface area contributed by atoms with E-state index in [9.17, 15) is 14.0 Å². The van der Waals surface area contributed by atoms with Crippen LogP contribution in [0.4, 0.5) is 4.39 Å². The molecule has 0 spiro atoms. The molecule has 1 N–H and O–H groups in total. The maximum atomic E-state index is 14.6. The van der Waals surface area contributed by atoms with Crippen LogP contribution in [0.5, 0.6) is 0 Å². The first-order chi connectivity index (χ1) is 12.1. The standard InChI is InChI=1S/C17H11FN4O2S.ClH/c18-11-7-10-14(23)12-16(24)21-25-17(12)22(9-1-2-9)15(10)20-13(11)8-3-5-19-6-4-8;/h3-7,9H,1-2H2,(H,21,24);1H. The Bertz CT molecular complexity index is 1260. The summed E-state index contributed by atoms with van der Waals surface area (Å²) in [6, 6.07) is 4.71. The van der Waals surface area contributed by atoms with Crippen molar-refractivity contribution in [2.45, 2.75) is 18.9 Å². The molecule has 4 heterocycles. The lowest BCUT2D eigenvalue weighted by Crippen LogP contribution is -2.16. The van der Waals surface area contributed by atoms with Crippen LogP contribution < -0.4 is 11.0 Å². The molecule has 0 radical (unpaired) electrons. The van der Waals surface area contributed by atoms with Gasteiger partial charge in [0.2, 0.25) is 5.43 Å². The predicted molar refractivity (Wildman–Crippen MR) is 101 cm³/mol. The summed E-state index contributed by atoms with van der Waals surface area (Å²) in [5, 5.41) is 0.223. The number of pyridine rings is 3. The number of aromatic amines is 1. The third kappa shape index (κ3) is 2.37. The maximum absolute atomic E-state index is 14.6. The highest BCUT2D eigenvalue weighted by atomic mass is 35.5. The van der Waals surface area contributed by atoms with Crippen LogP contribution in [0.2, 0.25) is 0 Å². The molecular formula is C17H12ClFN4O2S. The molecule has 0 amide bonds. The zero-order valence-electron chi connectivity index (χ0n) is 13.2. The van der Waals surface area contributed by atoms with Gasteiger partial charge in [-0.1, -0.05) is 0 Å². The maximum Gasteiger partial charge on any atom is 0.271 e. The Morgan fingerprint density at radius 3 is 2.65 bits per heavy atom. The third-order valence-electron chi connectivity index (χ3n) is 4.42. The number of nitrogens with one attached hydrogen (secondary N) is 1. The Morgan fingerprint density at radius 1 is 1.23 bits per heavy atom. The number of aromatic nitrogens is 4. The second kappa shape index (κ2) is 6.00.